The third-order valence-corrected chi connectivity index (χ3v) is 4.58. The lowest BCUT2D eigenvalue weighted by molar-refractivity contribution is 0.124. The third-order valence-electron chi connectivity index (χ3n) is 2.62. The zero-order chi connectivity index (χ0) is 20.4. The predicted molar refractivity (Wildman–Crippen MR) is 68.8 cm³/mol. The van der Waals surface area contributed by atoms with Gasteiger partial charge in [0, 0.05) is 0 Å². The van der Waals surface area contributed by atoms with E-state index in [-0.39, 0.29) is 21.8 Å². The number of aromatic nitrogens is 6. The summed E-state index contributed by atoms with van der Waals surface area (Å²) < 4.78 is 125. The maximum Gasteiger partial charge on any atom is 0.329 e. The Kier molecular flexibility index (Phi) is 3.46. The van der Waals surface area contributed by atoms with Gasteiger partial charge in [-0.05, 0) is 0 Å². The van der Waals surface area contributed by atoms with Crippen molar-refractivity contribution in [3.05, 3.63) is 12.4 Å². The van der Waals surface area contributed by atoms with Crippen LogP contribution in [0.3, 0.4) is 0 Å². The number of aliphatic hydroxyl groups is 1. The summed E-state index contributed by atoms with van der Waals surface area (Å²) in [4.78, 5) is 0. The third kappa shape index (κ3) is 5.13. The van der Waals surface area contributed by atoms with E-state index in [2.05, 4.69) is 20.6 Å². The first-order chi connectivity index (χ1) is 11.0. The molecule has 0 aliphatic heterocycles. The van der Waals surface area contributed by atoms with Gasteiger partial charge >= 0.3 is 20.4 Å². The van der Waals surface area contributed by atoms with Gasteiger partial charge in [-0.25, -0.2) is 9.36 Å². The van der Waals surface area contributed by atoms with Gasteiger partial charge in [0.25, 0.3) is 0 Å². The first-order valence-corrected chi connectivity index (χ1v) is 9.90. The lowest BCUT2D eigenvalue weighted by Crippen LogP contribution is -2.23. The van der Waals surface area contributed by atoms with Crippen molar-refractivity contribution < 1.29 is 44.0 Å². The molecule has 0 saturated heterocycles. The standard InChI is InChI=1S/C7H8F10N6OS2/c8-25(9,10,11,12)6-3-22(20-18-6)1-5(24)2-23-4-7(19-21-23)26(13,14,15,16)17/h3-5,24H,1-2H2. The van der Waals surface area contributed by atoms with Gasteiger partial charge in [-0.15, -0.1) is 10.2 Å². The molecule has 2 aromatic heterocycles. The highest BCUT2D eigenvalue weighted by Gasteiger charge is 2.69. The fraction of sp³-hybridized carbons (Fsp3) is 0.429. The van der Waals surface area contributed by atoms with Crippen LogP contribution in [0.2, 0.25) is 0 Å². The molecule has 2 heterocycles. The van der Waals surface area contributed by atoms with E-state index in [1.165, 1.54) is 0 Å². The first kappa shape index (κ1) is 20.6. The predicted octanol–water partition coefficient (Wildman–Crippen LogP) is 4.25. The largest absolute Gasteiger partial charge is 0.389 e. The van der Waals surface area contributed by atoms with Crippen LogP contribution in [0.1, 0.15) is 0 Å². The average Bonchev–Trinajstić information content (AvgIpc) is 2.92. The second kappa shape index (κ2) is 4.38. The minimum atomic E-state index is -10.1. The molecule has 0 saturated carbocycles. The minimum Gasteiger partial charge on any atom is -0.389 e. The fourth-order valence-electron chi connectivity index (χ4n) is 1.58. The molecule has 154 valence electrons. The Morgan fingerprint density at radius 3 is 1.27 bits per heavy atom. The highest BCUT2D eigenvalue weighted by Crippen LogP contribution is 3.02. The maximum absolute atomic E-state index is 12.5. The number of aliphatic hydroxyl groups excluding tert-OH is 1. The Morgan fingerprint density at radius 2 is 1.04 bits per heavy atom. The van der Waals surface area contributed by atoms with E-state index in [0.717, 1.165) is 0 Å². The first-order valence-electron chi connectivity index (χ1n) is 6.00. The summed E-state index contributed by atoms with van der Waals surface area (Å²) >= 11 is 0. The molecule has 7 nitrogen and oxygen atoms in total. The molecule has 2 aromatic rings. The van der Waals surface area contributed by atoms with Gasteiger partial charge in [-0.2, -0.15) is 0 Å². The van der Waals surface area contributed by atoms with E-state index in [1.807, 2.05) is 0 Å². The van der Waals surface area contributed by atoms with E-state index in [1.54, 1.807) is 0 Å². The number of halogens is 10. The van der Waals surface area contributed by atoms with Gasteiger partial charge in [0.2, 0.25) is 10.1 Å². The van der Waals surface area contributed by atoms with Crippen molar-refractivity contribution in [1.29, 1.82) is 0 Å². The van der Waals surface area contributed by atoms with E-state index in [4.69, 9.17) is 0 Å². The maximum atomic E-state index is 12.5. The Morgan fingerprint density at radius 1 is 0.731 bits per heavy atom. The molecule has 0 aliphatic rings. The van der Waals surface area contributed by atoms with Gasteiger partial charge in [-0.1, -0.05) is 49.3 Å². The zero-order valence-electron chi connectivity index (χ0n) is 11.9. The molecule has 0 aliphatic carbocycles. The summed E-state index contributed by atoms with van der Waals surface area (Å²) in [6, 6.07) is 0. The van der Waals surface area contributed by atoms with Crippen molar-refractivity contribution in [2.45, 2.75) is 29.2 Å². The van der Waals surface area contributed by atoms with Crippen LogP contribution in [-0.4, -0.2) is 41.2 Å². The van der Waals surface area contributed by atoms with Gasteiger partial charge in [0.1, 0.15) is 0 Å². The summed E-state index contributed by atoms with van der Waals surface area (Å²) in [6.07, 6.45) is -2.27. The molecule has 0 spiro atoms. The van der Waals surface area contributed by atoms with Gasteiger partial charge in [0.15, 0.2) is 0 Å². The summed E-state index contributed by atoms with van der Waals surface area (Å²) in [7, 11) is -20.2. The summed E-state index contributed by atoms with van der Waals surface area (Å²) in [6.45, 7) is -1.85. The lowest BCUT2D eigenvalue weighted by atomic mass is 10.3. The highest BCUT2D eigenvalue weighted by molar-refractivity contribution is 8.46. The second-order valence-corrected chi connectivity index (χ2v) is 9.86. The molecule has 0 unspecified atom stereocenters. The molecule has 0 fully saturated rings. The molecule has 0 atom stereocenters. The van der Waals surface area contributed by atoms with Gasteiger partial charge in [0.05, 0.1) is 31.6 Å². The van der Waals surface area contributed by atoms with Crippen molar-refractivity contribution in [3.63, 3.8) is 0 Å². The van der Waals surface area contributed by atoms with Crippen molar-refractivity contribution in [3.8, 4) is 0 Å². The van der Waals surface area contributed by atoms with Crippen molar-refractivity contribution >= 4 is 20.4 Å². The zero-order valence-corrected chi connectivity index (χ0v) is 13.5. The van der Waals surface area contributed by atoms with Crippen LogP contribution in [-0.2, 0) is 13.1 Å². The molecule has 2 rings (SSSR count). The van der Waals surface area contributed by atoms with E-state index < -0.39 is 49.7 Å². The monoisotopic (exact) mass is 446 g/mol. The Balaban J connectivity index is 2.11. The lowest BCUT2D eigenvalue weighted by Gasteiger charge is -2.37. The van der Waals surface area contributed by atoms with E-state index >= 15 is 0 Å². The molecule has 1 N–H and O–H groups in total. The van der Waals surface area contributed by atoms with Crippen molar-refractivity contribution in [2.24, 2.45) is 0 Å². The Labute approximate surface area is 137 Å². The Bertz CT molecular complexity index is 769. The number of rotatable bonds is 6. The van der Waals surface area contributed by atoms with E-state index in [0.29, 0.717) is 0 Å². The normalized spacial score (nSPS) is 20.0. The second-order valence-electron chi connectivity index (χ2n) is 5.15. The minimum absolute atomic E-state index is 0.153. The van der Waals surface area contributed by atoms with Crippen LogP contribution in [0, 0.1) is 0 Å². The van der Waals surface area contributed by atoms with Gasteiger partial charge in [-0.3, -0.25) is 0 Å². The fourth-order valence-corrected chi connectivity index (χ4v) is 2.61. The van der Waals surface area contributed by atoms with Crippen molar-refractivity contribution in [1.82, 2.24) is 30.0 Å². The number of hydrogen-bond donors (Lipinski definition) is 1. The quantitative estimate of drug-likeness (QED) is 0.672. The van der Waals surface area contributed by atoms with Crippen LogP contribution < -0.4 is 0 Å². The number of hydrogen-bond acceptors (Lipinski definition) is 5. The molecule has 0 amide bonds. The van der Waals surface area contributed by atoms with Crippen molar-refractivity contribution in [2.75, 3.05) is 0 Å². The van der Waals surface area contributed by atoms with Crippen LogP contribution >= 0.6 is 20.4 Å². The van der Waals surface area contributed by atoms with Crippen LogP contribution in [0.25, 0.3) is 0 Å². The molecule has 0 aromatic carbocycles. The topological polar surface area (TPSA) is 81.6 Å². The van der Waals surface area contributed by atoms with Crippen LogP contribution in [0.5, 0.6) is 0 Å². The average molecular weight is 446 g/mol. The van der Waals surface area contributed by atoms with Crippen LogP contribution in [0.4, 0.5) is 38.9 Å². The van der Waals surface area contributed by atoms with Gasteiger partial charge < -0.3 is 5.11 Å². The summed E-state index contributed by atoms with van der Waals surface area (Å²) in [5.41, 5.74) is 0. The Hall–Kier alpha value is -1.76. The molecular weight excluding hydrogens is 438 g/mol. The smallest absolute Gasteiger partial charge is 0.329 e. The molecule has 0 radical (unpaired) electrons. The molecular formula is C7H8F10N6OS2. The summed E-state index contributed by atoms with van der Waals surface area (Å²) in [5, 5.41) is 14.3. The van der Waals surface area contributed by atoms with Crippen LogP contribution in [0.15, 0.2) is 22.4 Å². The molecule has 19 heteroatoms. The number of nitrogens with zero attached hydrogens (tertiary/aromatic N) is 6. The highest BCUT2D eigenvalue weighted by atomic mass is 32.5. The van der Waals surface area contributed by atoms with E-state index in [9.17, 15) is 44.0 Å². The SMILES string of the molecule is OC(Cn1cc(S(F)(F)(F)(F)F)nn1)Cn1cc(S(F)(F)(F)(F)F)nn1. The summed E-state index contributed by atoms with van der Waals surface area (Å²) in [5.74, 6) is 0. The molecule has 26 heavy (non-hydrogen) atoms. The molecule has 0 bridgehead atoms.